The molecule has 32 heavy (non-hydrogen) atoms. The number of hydrogen-bond acceptors (Lipinski definition) is 6. The van der Waals surface area contributed by atoms with Crippen LogP contribution in [0.5, 0.6) is 11.5 Å². The van der Waals surface area contributed by atoms with E-state index in [-0.39, 0.29) is 6.61 Å². The van der Waals surface area contributed by atoms with E-state index in [1.807, 2.05) is 46.3 Å². The van der Waals surface area contributed by atoms with E-state index in [1.165, 1.54) is 0 Å². The maximum absolute atomic E-state index is 11.7. The first-order valence-corrected chi connectivity index (χ1v) is 10.9. The second kappa shape index (κ2) is 12.1. The van der Waals surface area contributed by atoms with Gasteiger partial charge in [0.2, 0.25) is 0 Å². The van der Waals surface area contributed by atoms with Crippen molar-refractivity contribution in [2.24, 2.45) is 0 Å². The van der Waals surface area contributed by atoms with Gasteiger partial charge in [0.05, 0.1) is 20.0 Å². The van der Waals surface area contributed by atoms with Crippen LogP contribution in [0.2, 0.25) is 0 Å². The fourth-order valence-electron chi connectivity index (χ4n) is 2.74. The third kappa shape index (κ3) is 9.01. The Morgan fingerprint density at radius 3 is 2.62 bits per heavy atom. The predicted molar refractivity (Wildman–Crippen MR) is 129 cm³/mol. The molecule has 9 nitrogen and oxygen atoms in total. The zero-order chi connectivity index (χ0) is 23.6. The van der Waals surface area contributed by atoms with E-state index in [9.17, 15) is 4.79 Å². The van der Waals surface area contributed by atoms with Gasteiger partial charge >= 0.3 is 6.09 Å². The molecular formula is C22H33N5O4S. The van der Waals surface area contributed by atoms with Gasteiger partial charge in [-0.2, -0.15) is 0 Å². The number of benzene rings is 1. The number of methoxy groups -OCH3 is 1. The Hall–Kier alpha value is -3.01. The molecule has 0 aliphatic heterocycles. The summed E-state index contributed by atoms with van der Waals surface area (Å²) in [7, 11) is 1.57. The number of anilines is 1. The largest absolute Gasteiger partial charge is 0.493 e. The number of rotatable bonds is 10. The molecule has 1 heterocycles. The number of ether oxygens (including phenoxy) is 3. The number of carbonyl (C=O) groups excluding carboxylic acids is 1. The quantitative estimate of drug-likeness (QED) is 0.364. The first-order valence-electron chi connectivity index (χ1n) is 10.5. The summed E-state index contributed by atoms with van der Waals surface area (Å²) in [5.74, 6) is 1.13. The molecule has 10 heteroatoms. The van der Waals surface area contributed by atoms with Gasteiger partial charge in [0.25, 0.3) is 0 Å². The molecule has 0 saturated carbocycles. The summed E-state index contributed by atoms with van der Waals surface area (Å²) in [6, 6.07) is 5.44. The molecular weight excluding hydrogens is 430 g/mol. The van der Waals surface area contributed by atoms with Gasteiger partial charge < -0.3 is 34.7 Å². The third-order valence-electron chi connectivity index (χ3n) is 4.23. The zero-order valence-corrected chi connectivity index (χ0v) is 20.2. The minimum absolute atomic E-state index is 0.277. The van der Waals surface area contributed by atoms with Crippen molar-refractivity contribution < 1.29 is 19.0 Å². The number of nitrogens with one attached hydrogen (secondary N) is 3. The highest BCUT2D eigenvalue weighted by Crippen LogP contribution is 2.30. The molecule has 0 aliphatic carbocycles. The Morgan fingerprint density at radius 2 is 1.97 bits per heavy atom. The molecule has 1 aromatic carbocycles. The molecule has 3 N–H and O–H groups in total. The Balaban J connectivity index is 1.74. The van der Waals surface area contributed by atoms with Gasteiger partial charge in [-0.1, -0.05) is 0 Å². The van der Waals surface area contributed by atoms with E-state index in [4.69, 9.17) is 26.4 Å². The Morgan fingerprint density at radius 1 is 1.19 bits per heavy atom. The number of alkyl carbamates (subject to hydrolysis) is 1. The summed E-state index contributed by atoms with van der Waals surface area (Å²) < 4.78 is 18.4. The van der Waals surface area contributed by atoms with Crippen LogP contribution in [0.1, 0.15) is 32.9 Å². The first-order chi connectivity index (χ1) is 15.2. The number of aromatic nitrogens is 2. The minimum Gasteiger partial charge on any atom is -0.493 e. The highest BCUT2D eigenvalue weighted by molar-refractivity contribution is 7.80. The average molecular weight is 464 g/mol. The normalized spacial score (nSPS) is 10.9. The van der Waals surface area contributed by atoms with Crippen molar-refractivity contribution in [3.63, 3.8) is 0 Å². The van der Waals surface area contributed by atoms with E-state index in [0.29, 0.717) is 23.2 Å². The van der Waals surface area contributed by atoms with Crippen LogP contribution in [0.3, 0.4) is 0 Å². The lowest BCUT2D eigenvalue weighted by Crippen LogP contribution is -2.34. The highest BCUT2D eigenvalue weighted by Gasteiger charge is 2.15. The van der Waals surface area contributed by atoms with Gasteiger partial charge in [-0.15, -0.1) is 0 Å². The van der Waals surface area contributed by atoms with Crippen molar-refractivity contribution in [1.82, 2.24) is 20.2 Å². The molecule has 0 aliphatic rings. The first kappa shape index (κ1) is 25.3. The Bertz CT molecular complexity index is 895. The molecule has 2 aromatic rings. The molecule has 0 radical (unpaired) electrons. The number of hydrogen-bond donors (Lipinski definition) is 3. The van der Waals surface area contributed by atoms with Crippen molar-refractivity contribution in [2.75, 3.05) is 32.1 Å². The fraction of sp³-hybridized carbons (Fsp3) is 0.500. The summed E-state index contributed by atoms with van der Waals surface area (Å²) in [5, 5.41) is 9.52. The molecule has 176 valence electrons. The molecule has 2 rings (SSSR count). The molecule has 1 aromatic heterocycles. The second-order valence-electron chi connectivity index (χ2n) is 8.11. The van der Waals surface area contributed by atoms with E-state index >= 15 is 0 Å². The number of aryl methyl sites for hydroxylation is 2. The number of carbonyl (C=O) groups is 1. The van der Waals surface area contributed by atoms with Crippen molar-refractivity contribution in [2.45, 2.75) is 46.3 Å². The smallest absolute Gasteiger partial charge is 0.407 e. The summed E-state index contributed by atoms with van der Waals surface area (Å²) in [6.07, 6.45) is 4.12. The lowest BCUT2D eigenvalue weighted by atomic mass is 10.2. The van der Waals surface area contributed by atoms with Gasteiger partial charge in [-0.05, 0) is 58.5 Å². The topological polar surface area (TPSA) is 98.7 Å². The second-order valence-corrected chi connectivity index (χ2v) is 8.51. The van der Waals surface area contributed by atoms with Gasteiger partial charge in [0, 0.05) is 36.7 Å². The maximum atomic E-state index is 11.7. The molecule has 0 bridgehead atoms. The van der Waals surface area contributed by atoms with Crippen LogP contribution in [-0.4, -0.2) is 53.2 Å². The van der Waals surface area contributed by atoms with Crippen molar-refractivity contribution in [3.05, 3.63) is 36.4 Å². The fourth-order valence-corrected chi connectivity index (χ4v) is 2.96. The number of nitrogens with zero attached hydrogens (tertiary/aromatic N) is 2. The van der Waals surface area contributed by atoms with Crippen LogP contribution in [0.15, 0.2) is 30.7 Å². The minimum atomic E-state index is -0.536. The third-order valence-corrected chi connectivity index (χ3v) is 4.48. The summed E-state index contributed by atoms with van der Waals surface area (Å²) in [6.45, 7) is 9.68. The van der Waals surface area contributed by atoms with Crippen molar-refractivity contribution >= 4 is 29.1 Å². The lowest BCUT2D eigenvalue weighted by molar-refractivity contribution is 0.0520. The van der Waals surface area contributed by atoms with Crippen LogP contribution < -0.4 is 25.4 Å². The van der Waals surface area contributed by atoms with E-state index < -0.39 is 11.7 Å². The predicted octanol–water partition coefficient (Wildman–Crippen LogP) is 3.48. The Kier molecular flexibility index (Phi) is 9.58. The van der Waals surface area contributed by atoms with Crippen LogP contribution in [0, 0.1) is 6.92 Å². The molecule has 0 atom stereocenters. The number of amides is 1. The summed E-state index contributed by atoms with van der Waals surface area (Å²) in [4.78, 5) is 15.8. The molecule has 0 saturated heterocycles. The van der Waals surface area contributed by atoms with Crippen LogP contribution in [0.4, 0.5) is 10.5 Å². The number of thiocarbonyl (C=S) groups is 1. The van der Waals surface area contributed by atoms with Gasteiger partial charge in [0.1, 0.15) is 12.2 Å². The molecule has 1 amide bonds. The van der Waals surface area contributed by atoms with Crippen LogP contribution >= 0.6 is 12.2 Å². The average Bonchev–Trinajstić information content (AvgIpc) is 3.12. The van der Waals surface area contributed by atoms with Gasteiger partial charge in [-0.3, -0.25) is 0 Å². The van der Waals surface area contributed by atoms with Gasteiger partial charge in [-0.25, -0.2) is 9.78 Å². The van der Waals surface area contributed by atoms with Crippen LogP contribution in [0.25, 0.3) is 0 Å². The summed E-state index contributed by atoms with van der Waals surface area (Å²) in [5.41, 5.74) is 1.38. The maximum Gasteiger partial charge on any atom is 0.407 e. The van der Waals surface area contributed by atoms with E-state index in [0.717, 1.165) is 30.9 Å². The SMILES string of the molecule is COc1cc(NC(=S)NCCCn2cncc2C)ccc1OCCNC(=O)OC(C)(C)C. The van der Waals surface area contributed by atoms with Gasteiger partial charge in [0.15, 0.2) is 16.6 Å². The lowest BCUT2D eigenvalue weighted by Gasteiger charge is -2.19. The number of imidazole rings is 1. The molecule has 0 fully saturated rings. The Labute approximate surface area is 194 Å². The van der Waals surface area contributed by atoms with E-state index in [2.05, 4.69) is 25.5 Å². The monoisotopic (exact) mass is 463 g/mol. The molecule has 0 unspecified atom stereocenters. The van der Waals surface area contributed by atoms with Crippen molar-refractivity contribution in [1.29, 1.82) is 0 Å². The zero-order valence-electron chi connectivity index (χ0n) is 19.4. The summed E-state index contributed by atoms with van der Waals surface area (Å²) >= 11 is 5.37. The highest BCUT2D eigenvalue weighted by atomic mass is 32.1. The van der Waals surface area contributed by atoms with Crippen molar-refractivity contribution in [3.8, 4) is 11.5 Å². The standard InChI is InChI=1S/C22H33N5O4S/c1-16-14-23-15-27(16)11-6-9-24-20(32)26-17-7-8-18(19(13-17)29-5)30-12-10-25-21(28)31-22(2,3)4/h7-8,13-15H,6,9-12H2,1-5H3,(H,25,28)(H2,24,26,32). The van der Waals surface area contributed by atoms with E-state index in [1.54, 1.807) is 19.2 Å². The molecule has 0 spiro atoms. The van der Waals surface area contributed by atoms with Crippen LogP contribution in [-0.2, 0) is 11.3 Å².